The summed E-state index contributed by atoms with van der Waals surface area (Å²) in [5, 5.41) is 3.50. The van der Waals surface area contributed by atoms with Crippen molar-refractivity contribution >= 4 is 23.0 Å². The van der Waals surface area contributed by atoms with Gasteiger partial charge in [-0.25, -0.2) is 4.99 Å². The van der Waals surface area contributed by atoms with Crippen molar-refractivity contribution in [1.82, 2.24) is 10.2 Å². The SMILES string of the molecule is Cc1ccc2c(c1)[NH+]=C1C3=C(C(=O)c4ccccc4C3=O)C(NCCCN3CCC(C)CC3)=CC1O2. The van der Waals surface area contributed by atoms with E-state index >= 15 is 0 Å². The zero-order valence-electron chi connectivity index (χ0n) is 20.9. The molecule has 1 atom stereocenters. The van der Waals surface area contributed by atoms with Crippen LogP contribution in [0.15, 0.2) is 65.4 Å². The van der Waals surface area contributed by atoms with E-state index in [-0.39, 0.29) is 11.6 Å². The van der Waals surface area contributed by atoms with Crippen LogP contribution in [0.4, 0.5) is 5.69 Å². The third-order valence-corrected chi connectivity index (χ3v) is 7.76. The number of carbonyl (C=O) groups is 2. The second-order valence-corrected chi connectivity index (χ2v) is 10.4. The van der Waals surface area contributed by atoms with Crippen LogP contribution in [-0.4, -0.2) is 54.5 Å². The number of ether oxygens (including phenoxy) is 1. The first-order valence-corrected chi connectivity index (χ1v) is 13.0. The maximum Gasteiger partial charge on any atom is 0.246 e. The molecule has 0 bridgehead atoms. The molecule has 0 saturated carbocycles. The minimum absolute atomic E-state index is 0.119. The molecule has 1 unspecified atom stereocenters. The lowest BCUT2D eigenvalue weighted by atomic mass is 9.76. The minimum Gasteiger partial charge on any atom is -0.468 e. The number of benzene rings is 2. The summed E-state index contributed by atoms with van der Waals surface area (Å²) in [5.41, 5.74) is 5.02. The van der Waals surface area contributed by atoms with Crippen LogP contribution in [0.5, 0.6) is 5.75 Å². The van der Waals surface area contributed by atoms with E-state index in [9.17, 15) is 9.59 Å². The minimum atomic E-state index is -0.466. The first-order chi connectivity index (χ1) is 17.5. The smallest absolute Gasteiger partial charge is 0.246 e. The number of aryl methyl sites for hydroxylation is 1. The quantitative estimate of drug-likeness (QED) is 0.642. The molecule has 2 N–H and O–H groups in total. The number of likely N-dealkylation sites (tertiary alicyclic amines) is 1. The van der Waals surface area contributed by atoms with Gasteiger partial charge in [0.25, 0.3) is 0 Å². The number of allylic oxidation sites excluding steroid dienone is 1. The third kappa shape index (κ3) is 3.99. The molecule has 1 fully saturated rings. The molecule has 2 aliphatic carbocycles. The van der Waals surface area contributed by atoms with Crippen molar-refractivity contribution in [2.75, 3.05) is 26.2 Å². The molecule has 2 aliphatic heterocycles. The number of hydrogen-bond donors (Lipinski definition) is 2. The number of hydrogen-bond acceptors (Lipinski definition) is 5. The summed E-state index contributed by atoms with van der Waals surface area (Å²) in [7, 11) is 0. The van der Waals surface area contributed by atoms with Crippen LogP contribution in [0.3, 0.4) is 0 Å². The van der Waals surface area contributed by atoms with E-state index in [4.69, 9.17) is 4.74 Å². The van der Waals surface area contributed by atoms with Crippen LogP contribution < -0.4 is 15.0 Å². The number of carbonyl (C=O) groups excluding carboxylic acids is 2. The molecule has 6 rings (SSSR count). The van der Waals surface area contributed by atoms with E-state index in [1.807, 2.05) is 37.3 Å². The van der Waals surface area contributed by atoms with Crippen LogP contribution >= 0.6 is 0 Å². The van der Waals surface area contributed by atoms with E-state index in [0.29, 0.717) is 33.7 Å². The Labute approximate surface area is 211 Å². The average molecular weight is 483 g/mol. The molecule has 6 heteroatoms. The van der Waals surface area contributed by atoms with Crippen molar-refractivity contribution in [2.45, 2.75) is 39.2 Å². The fourth-order valence-electron chi connectivity index (χ4n) is 5.66. The van der Waals surface area contributed by atoms with Gasteiger partial charge in [0.1, 0.15) is 5.57 Å². The van der Waals surface area contributed by atoms with Crippen LogP contribution in [0.25, 0.3) is 0 Å². The molecule has 4 aliphatic rings. The fourth-order valence-corrected chi connectivity index (χ4v) is 5.66. The molecule has 0 spiro atoms. The Morgan fingerprint density at radius 3 is 2.50 bits per heavy atom. The molecule has 2 heterocycles. The van der Waals surface area contributed by atoms with Gasteiger partial charge in [0.05, 0.1) is 5.57 Å². The summed E-state index contributed by atoms with van der Waals surface area (Å²) in [6.45, 7) is 8.41. The van der Waals surface area contributed by atoms with Gasteiger partial charge >= 0.3 is 0 Å². The van der Waals surface area contributed by atoms with Gasteiger partial charge in [-0.2, -0.15) is 0 Å². The van der Waals surface area contributed by atoms with Gasteiger partial charge in [0.2, 0.25) is 23.3 Å². The molecule has 0 aromatic heterocycles. The highest BCUT2D eigenvalue weighted by molar-refractivity contribution is 6.39. The van der Waals surface area contributed by atoms with Crippen LogP contribution in [0, 0.1) is 12.8 Å². The average Bonchev–Trinajstić information content (AvgIpc) is 2.89. The summed E-state index contributed by atoms with van der Waals surface area (Å²) >= 11 is 0. The maximum absolute atomic E-state index is 13.8. The second-order valence-electron chi connectivity index (χ2n) is 10.4. The van der Waals surface area contributed by atoms with Crippen LogP contribution in [-0.2, 0) is 0 Å². The third-order valence-electron chi connectivity index (χ3n) is 7.76. The molecule has 2 aromatic carbocycles. The van der Waals surface area contributed by atoms with Gasteiger partial charge < -0.3 is 15.0 Å². The standard InChI is InChI=1S/C30H31N3O3/c1-18-10-14-33(15-11-18)13-5-12-31-23-17-25-28(32-22-16-19(2)8-9-24(22)36-25)27-26(23)29(34)20-6-3-4-7-21(20)30(27)35/h3-4,6-9,16-18,25,31H,5,10-15H2,1-2H3/p+1. The molecule has 2 aromatic rings. The molecular weight excluding hydrogens is 450 g/mol. The zero-order valence-corrected chi connectivity index (χ0v) is 20.9. The second kappa shape index (κ2) is 9.17. The molecule has 1 saturated heterocycles. The Bertz CT molecular complexity index is 1340. The molecule has 36 heavy (non-hydrogen) atoms. The highest BCUT2D eigenvalue weighted by Gasteiger charge is 2.46. The van der Waals surface area contributed by atoms with Gasteiger partial charge in [0.15, 0.2) is 11.5 Å². The highest BCUT2D eigenvalue weighted by Crippen LogP contribution is 2.36. The van der Waals surface area contributed by atoms with Crippen LogP contribution in [0.1, 0.15) is 52.5 Å². The Morgan fingerprint density at radius 2 is 1.75 bits per heavy atom. The molecule has 6 nitrogen and oxygen atoms in total. The predicted molar refractivity (Wildman–Crippen MR) is 139 cm³/mol. The van der Waals surface area contributed by atoms with Gasteiger partial charge in [-0.05, 0) is 69.4 Å². The molecule has 184 valence electrons. The van der Waals surface area contributed by atoms with Crippen molar-refractivity contribution in [3.8, 4) is 5.75 Å². The van der Waals surface area contributed by atoms with Crippen molar-refractivity contribution in [2.24, 2.45) is 5.92 Å². The number of ketones is 2. The van der Waals surface area contributed by atoms with E-state index in [1.54, 1.807) is 18.2 Å². The predicted octanol–water partition coefficient (Wildman–Crippen LogP) is 2.89. The largest absolute Gasteiger partial charge is 0.468 e. The fraction of sp³-hybridized carbons (Fsp3) is 0.367. The Hall–Kier alpha value is -3.51. The topological polar surface area (TPSA) is 72.6 Å². The number of piperidine rings is 1. The summed E-state index contributed by atoms with van der Waals surface area (Å²) in [6, 6.07) is 13.1. The lowest BCUT2D eigenvalue weighted by molar-refractivity contribution is -0.363. The number of fused-ring (bicyclic) bond motifs is 4. The summed E-state index contributed by atoms with van der Waals surface area (Å²) in [6.07, 6.45) is 4.97. The highest BCUT2D eigenvalue weighted by atomic mass is 16.5. The van der Waals surface area contributed by atoms with Gasteiger partial charge in [-0.3, -0.25) is 9.59 Å². The van der Waals surface area contributed by atoms with E-state index < -0.39 is 6.10 Å². The Morgan fingerprint density at radius 1 is 1.03 bits per heavy atom. The van der Waals surface area contributed by atoms with Crippen molar-refractivity contribution in [3.05, 3.63) is 82.1 Å². The number of nitrogens with zero attached hydrogens (tertiary/aromatic N) is 1. The Kier molecular flexibility index (Phi) is 5.84. The van der Waals surface area contributed by atoms with Gasteiger partial charge in [0, 0.05) is 29.4 Å². The first kappa shape index (κ1) is 22.9. The lowest BCUT2D eigenvalue weighted by Gasteiger charge is -2.31. The molecule has 0 amide bonds. The monoisotopic (exact) mass is 482 g/mol. The van der Waals surface area contributed by atoms with Gasteiger partial charge in [-0.15, -0.1) is 0 Å². The molecule has 0 radical (unpaired) electrons. The van der Waals surface area contributed by atoms with Gasteiger partial charge in [-0.1, -0.05) is 37.3 Å². The maximum atomic E-state index is 13.8. The van der Waals surface area contributed by atoms with Crippen LogP contribution in [0.2, 0.25) is 0 Å². The van der Waals surface area contributed by atoms with E-state index in [1.165, 1.54) is 12.8 Å². The normalized spacial score (nSPS) is 21.6. The number of nitrogens with one attached hydrogen (secondary N) is 2. The summed E-state index contributed by atoms with van der Waals surface area (Å²) in [4.78, 5) is 33.4. The number of Topliss-reactive ketones (excluding diaryl/α,β-unsaturated/α-hetero) is 2. The summed E-state index contributed by atoms with van der Waals surface area (Å²) in [5.74, 6) is 1.30. The van der Waals surface area contributed by atoms with Crippen molar-refractivity contribution in [1.29, 1.82) is 0 Å². The summed E-state index contributed by atoms with van der Waals surface area (Å²) < 4.78 is 6.33. The van der Waals surface area contributed by atoms with Crippen molar-refractivity contribution < 1.29 is 19.3 Å². The zero-order chi connectivity index (χ0) is 24.8. The Balaban J connectivity index is 1.32. The molecular formula is C30H32N3O3+. The van der Waals surface area contributed by atoms with E-state index in [2.05, 4.69) is 22.1 Å². The number of rotatable bonds is 5. The lowest BCUT2D eigenvalue weighted by Crippen LogP contribution is -2.73. The first-order valence-electron chi connectivity index (χ1n) is 13.0. The van der Waals surface area contributed by atoms with Crippen molar-refractivity contribution in [3.63, 3.8) is 0 Å². The van der Waals surface area contributed by atoms with E-state index in [0.717, 1.165) is 55.5 Å².